The zero-order valence-corrected chi connectivity index (χ0v) is 10.4. The van der Waals surface area contributed by atoms with E-state index in [9.17, 15) is 4.39 Å². The topological polar surface area (TPSA) is 32.3 Å². The summed E-state index contributed by atoms with van der Waals surface area (Å²) in [5.74, 6) is 0.587. The molecule has 17 heavy (non-hydrogen) atoms. The molecule has 0 spiro atoms. The van der Waals surface area contributed by atoms with Crippen LogP contribution in [0.25, 0.3) is 0 Å². The molecule has 2 nitrogen and oxygen atoms in total. The van der Waals surface area contributed by atoms with Gasteiger partial charge in [-0.3, -0.25) is 0 Å². The predicted octanol–water partition coefficient (Wildman–Crippen LogP) is 3.77. The van der Waals surface area contributed by atoms with Crippen LogP contribution in [-0.4, -0.2) is 11.1 Å². The van der Waals surface area contributed by atoms with Gasteiger partial charge in [0.15, 0.2) is 11.6 Å². The van der Waals surface area contributed by atoms with Crippen LogP contribution < -0.4 is 5.32 Å². The molecule has 0 heterocycles. The SMILES string of the molecule is CC1CC(C)CC(Nc2ccc(O)c(F)c2)C1. The average Bonchev–Trinajstić information content (AvgIpc) is 2.22. The molecule has 1 aliphatic rings. The smallest absolute Gasteiger partial charge is 0.166 e. The molecule has 0 aliphatic heterocycles. The number of nitrogens with one attached hydrogen (secondary N) is 1. The van der Waals surface area contributed by atoms with E-state index < -0.39 is 5.82 Å². The fourth-order valence-corrected chi connectivity index (χ4v) is 2.90. The predicted molar refractivity (Wildman–Crippen MR) is 67.7 cm³/mol. The third kappa shape index (κ3) is 3.11. The number of phenols is 1. The van der Waals surface area contributed by atoms with Crippen LogP contribution in [0, 0.1) is 17.7 Å². The van der Waals surface area contributed by atoms with Crippen molar-refractivity contribution in [2.75, 3.05) is 5.32 Å². The van der Waals surface area contributed by atoms with E-state index in [1.165, 1.54) is 18.6 Å². The maximum atomic E-state index is 13.2. The van der Waals surface area contributed by atoms with Crippen LogP contribution in [0.5, 0.6) is 5.75 Å². The van der Waals surface area contributed by atoms with Crippen molar-refractivity contribution in [1.29, 1.82) is 0 Å². The van der Waals surface area contributed by atoms with Gasteiger partial charge in [0.2, 0.25) is 0 Å². The van der Waals surface area contributed by atoms with Gasteiger partial charge in [0.25, 0.3) is 0 Å². The summed E-state index contributed by atoms with van der Waals surface area (Å²) in [6, 6.07) is 4.90. The molecule has 1 aliphatic carbocycles. The molecule has 2 N–H and O–H groups in total. The highest BCUT2D eigenvalue weighted by Gasteiger charge is 2.23. The molecule has 94 valence electrons. The summed E-state index contributed by atoms with van der Waals surface area (Å²) in [7, 11) is 0. The van der Waals surface area contributed by atoms with E-state index in [1.807, 2.05) is 0 Å². The van der Waals surface area contributed by atoms with Crippen molar-refractivity contribution in [2.24, 2.45) is 11.8 Å². The largest absolute Gasteiger partial charge is 0.505 e. The lowest BCUT2D eigenvalue weighted by Crippen LogP contribution is -2.30. The van der Waals surface area contributed by atoms with Gasteiger partial charge >= 0.3 is 0 Å². The normalized spacial score (nSPS) is 29.0. The Labute approximate surface area is 102 Å². The number of aromatic hydroxyl groups is 1. The van der Waals surface area contributed by atoms with Crippen LogP contribution in [0.4, 0.5) is 10.1 Å². The molecule has 1 aromatic rings. The first-order chi connectivity index (χ1) is 8.04. The summed E-state index contributed by atoms with van der Waals surface area (Å²) in [6.45, 7) is 4.53. The van der Waals surface area contributed by atoms with Crippen molar-refractivity contribution in [3.63, 3.8) is 0 Å². The molecule has 0 saturated heterocycles. The van der Waals surface area contributed by atoms with E-state index in [0.717, 1.165) is 30.4 Å². The van der Waals surface area contributed by atoms with Gasteiger partial charge in [0.1, 0.15) is 0 Å². The van der Waals surface area contributed by atoms with E-state index in [-0.39, 0.29) is 5.75 Å². The van der Waals surface area contributed by atoms with Crippen molar-refractivity contribution >= 4 is 5.69 Å². The molecule has 0 amide bonds. The summed E-state index contributed by atoms with van der Waals surface area (Å²) < 4.78 is 13.2. The Hall–Kier alpha value is -1.25. The highest BCUT2D eigenvalue weighted by atomic mass is 19.1. The zero-order valence-electron chi connectivity index (χ0n) is 10.4. The number of rotatable bonds is 2. The van der Waals surface area contributed by atoms with Gasteiger partial charge in [-0.25, -0.2) is 4.39 Å². The van der Waals surface area contributed by atoms with Crippen LogP contribution in [0.3, 0.4) is 0 Å². The van der Waals surface area contributed by atoms with E-state index in [4.69, 9.17) is 5.11 Å². The van der Waals surface area contributed by atoms with Crippen LogP contribution in [-0.2, 0) is 0 Å². The van der Waals surface area contributed by atoms with Crippen molar-refractivity contribution in [1.82, 2.24) is 0 Å². The van der Waals surface area contributed by atoms with Gasteiger partial charge in [-0.2, -0.15) is 0 Å². The number of hydrogen-bond donors (Lipinski definition) is 2. The molecule has 0 bridgehead atoms. The van der Waals surface area contributed by atoms with Gasteiger partial charge in [-0.1, -0.05) is 13.8 Å². The van der Waals surface area contributed by atoms with E-state index in [0.29, 0.717) is 6.04 Å². The average molecular weight is 237 g/mol. The Bertz CT molecular complexity index is 384. The Kier molecular flexibility index (Phi) is 3.55. The minimum absolute atomic E-state index is 0.291. The Balaban J connectivity index is 2.02. The standard InChI is InChI=1S/C14H20FNO/c1-9-5-10(2)7-12(6-9)16-11-3-4-14(17)13(15)8-11/h3-4,8-10,12,16-17H,5-7H2,1-2H3. The van der Waals surface area contributed by atoms with Gasteiger partial charge < -0.3 is 10.4 Å². The summed E-state index contributed by atoms with van der Waals surface area (Å²) in [5, 5.41) is 12.5. The van der Waals surface area contributed by atoms with Gasteiger partial charge in [0, 0.05) is 17.8 Å². The second kappa shape index (κ2) is 4.94. The molecule has 1 aromatic carbocycles. The summed E-state index contributed by atoms with van der Waals surface area (Å²) in [6.07, 6.45) is 3.54. The lowest BCUT2D eigenvalue weighted by Gasteiger charge is -2.32. The summed E-state index contributed by atoms with van der Waals surface area (Å²) >= 11 is 0. The molecular formula is C14H20FNO. The van der Waals surface area contributed by atoms with Gasteiger partial charge in [0.05, 0.1) is 0 Å². The highest BCUT2D eigenvalue weighted by Crippen LogP contribution is 2.31. The Morgan fingerprint density at radius 3 is 2.41 bits per heavy atom. The lowest BCUT2D eigenvalue weighted by molar-refractivity contribution is 0.281. The van der Waals surface area contributed by atoms with Crippen molar-refractivity contribution in [3.8, 4) is 5.75 Å². The summed E-state index contributed by atoms with van der Waals surface area (Å²) in [5.41, 5.74) is 0.756. The minimum atomic E-state index is -0.563. The van der Waals surface area contributed by atoms with Crippen molar-refractivity contribution < 1.29 is 9.50 Å². The quantitative estimate of drug-likeness (QED) is 0.767. The van der Waals surface area contributed by atoms with Crippen LogP contribution >= 0.6 is 0 Å². The molecule has 3 heteroatoms. The van der Waals surface area contributed by atoms with E-state index in [1.54, 1.807) is 6.07 Å². The molecule has 1 saturated carbocycles. The Morgan fingerprint density at radius 2 is 1.82 bits per heavy atom. The third-order valence-electron chi connectivity index (χ3n) is 3.50. The number of hydrogen-bond acceptors (Lipinski definition) is 2. The maximum absolute atomic E-state index is 13.2. The van der Waals surface area contributed by atoms with Crippen LogP contribution in [0.2, 0.25) is 0 Å². The van der Waals surface area contributed by atoms with Gasteiger partial charge in [-0.15, -0.1) is 0 Å². The second-order valence-electron chi connectivity index (χ2n) is 5.42. The third-order valence-corrected chi connectivity index (χ3v) is 3.50. The number of anilines is 1. The monoisotopic (exact) mass is 237 g/mol. The zero-order chi connectivity index (χ0) is 12.4. The molecule has 0 radical (unpaired) electrons. The fraction of sp³-hybridized carbons (Fsp3) is 0.571. The Morgan fingerprint density at radius 1 is 1.18 bits per heavy atom. The van der Waals surface area contributed by atoms with E-state index in [2.05, 4.69) is 19.2 Å². The molecule has 2 unspecified atom stereocenters. The van der Waals surface area contributed by atoms with E-state index >= 15 is 0 Å². The number of benzene rings is 1. The first kappa shape index (κ1) is 12.2. The first-order valence-electron chi connectivity index (χ1n) is 6.29. The van der Waals surface area contributed by atoms with Gasteiger partial charge in [-0.05, 0) is 43.2 Å². The minimum Gasteiger partial charge on any atom is -0.505 e. The second-order valence-corrected chi connectivity index (χ2v) is 5.42. The molecule has 0 aromatic heterocycles. The maximum Gasteiger partial charge on any atom is 0.166 e. The molecular weight excluding hydrogens is 217 g/mol. The first-order valence-corrected chi connectivity index (χ1v) is 6.29. The lowest BCUT2D eigenvalue weighted by atomic mass is 9.80. The molecule has 1 fully saturated rings. The highest BCUT2D eigenvalue weighted by molar-refractivity contribution is 5.47. The molecule has 2 rings (SSSR count). The molecule has 2 atom stereocenters. The summed E-state index contributed by atoms with van der Waals surface area (Å²) in [4.78, 5) is 0. The number of phenolic OH excluding ortho intramolecular Hbond substituents is 1. The van der Waals surface area contributed by atoms with Crippen molar-refractivity contribution in [2.45, 2.75) is 39.2 Å². The van der Waals surface area contributed by atoms with Crippen molar-refractivity contribution in [3.05, 3.63) is 24.0 Å². The van der Waals surface area contributed by atoms with Crippen LogP contribution in [0.15, 0.2) is 18.2 Å². The van der Waals surface area contributed by atoms with Crippen LogP contribution in [0.1, 0.15) is 33.1 Å². The fourth-order valence-electron chi connectivity index (χ4n) is 2.90. The number of halogens is 1.